The summed E-state index contributed by atoms with van der Waals surface area (Å²) in [6.07, 6.45) is 3.82. The topological polar surface area (TPSA) is 81.6 Å². The number of rotatable bonds is 11. The Kier molecular flexibility index (Phi) is 8.98. The van der Waals surface area contributed by atoms with E-state index < -0.39 is 0 Å². The summed E-state index contributed by atoms with van der Waals surface area (Å²) in [5, 5.41) is 6.96. The van der Waals surface area contributed by atoms with Gasteiger partial charge in [0.25, 0.3) is 0 Å². The van der Waals surface area contributed by atoms with Crippen molar-refractivity contribution in [2.45, 2.75) is 19.9 Å². The van der Waals surface area contributed by atoms with Crippen molar-refractivity contribution in [3.05, 3.63) is 83.3 Å². The largest absolute Gasteiger partial charge is 0.489 e. The number of aromatic nitrogens is 3. The quantitative estimate of drug-likeness (QED) is 0.319. The molecule has 8 nitrogen and oxygen atoms in total. The molecule has 192 valence electrons. The van der Waals surface area contributed by atoms with Crippen molar-refractivity contribution < 1.29 is 14.2 Å². The van der Waals surface area contributed by atoms with Gasteiger partial charge in [-0.3, -0.25) is 4.90 Å². The van der Waals surface area contributed by atoms with Crippen molar-refractivity contribution in [2.24, 2.45) is 0 Å². The molecule has 0 radical (unpaired) electrons. The number of morpholine rings is 1. The SMILES string of the molecule is C=CCOc1cc(OCC=C)c(-c2n[nH]c(=O)n2-c2ccc(CN3CCOCC3)cc2)cc1CC#CC. The monoisotopic (exact) mass is 500 g/mol. The molecule has 0 unspecified atom stereocenters. The van der Waals surface area contributed by atoms with Crippen molar-refractivity contribution in [1.29, 1.82) is 0 Å². The molecule has 1 aromatic heterocycles. The summed E-state index contributed by atoms with van der Waals surface area (Å²) in [6, 6.07) is 11.7. The summed E-state index contributed by atoms with van der Waals surface area (Å²) in [5.41, 5.74) is 3.04. The zero-order valence-corrected chi connectivity index (χ0v) is 21.2. The molecule has 1 aliphatic heterocycles. The second-order valence-electron chi connectivity index (χ2n) is 8.50. The first-order valence-corrected chi connectivity index (χ1v) is 12.3. The van der Waals surface area contributed by atoms with Crippen LogP contribution in [0.1, 0.15) is 18.1 Å². The molecule has 0 aliphatic carbocycles. The first-order valence-electron chi connectivity index (χ1n) is 12.3. The van der Waals surface area contributed by atoms with Gasteiger partial charge in [0.15, 0.2) is 5.82 Å². The van der Waals surface area contributed by atoms with Gasteiger partial charge >= 0.3 is 5.69 Å². The Labute approximate surface area is 217 Å². The van der Waals surface area contributed by atoms with Crippen LogP contribution in [0.15, 0.2) is 66.5 Å². The van der Waals surface area contributed by atoms with Gasteiger partial charge in [-0.05, 0) is 30.7 Å². The standard InChI is InChI=1S/C29H32N4O4/c1-4-7-8-23-19-25(27(37-16-6-3)20-26(23)36-15-5-2)28-30-31-29(34)33(28)24-11-9-22(10-12-24)21-32-13-17-35-18-14-32/h5-6,9-12,19-20H,2-3,8,13-18,21H2,1H3,(H,31,34). The predicted molar refractivity (Wildman–Crippen MR) is 144 cm³/mol. The molecular formula is C29H32N4O4. The first kappa shape index (κ1) is 26.0. The lowest BCUT2D eigenvalue weighted by molar-refractivity contribution is 0.0342. The lowest BCUT2D eigenvalue weighted by atomic mass is 10.0. The molecule has 1 fully saturated rings. The second-order valence-corrected chi connectivity index (χ2v) is 8.50. The zero-order chi connectivity index (χ0) is 26.0. The van der Waals surface area contributed by atoms with Gasteiger partial charge in [0, 0.05) is 37.7 Å². The van der Waals surface area contributed by atoms with E-state index >= 15 is 0 Å². The number of ether oxygens (including phenoxy) is 3. The summed E-state index contributed by atoms with van der Waals surface area (Å²) < 4.78 is 18.9. The predicted octanol–water partition coefficient (Wildman–Crippen LogP) is 3.76. The third-order valence-electron chi connectivity index (χ3n) is 5.95. The number of nitrogens with one attached hydrogen (secondary N) is 1. The molecule has 2 aromatic carbocycles. The number of nitrogens with zero attached hydrogens (tertiary/aromatic N) is 3. The van der Waals surface area contributed by atoms with Crippen molar-refractivity contribution in [1.82, 2.24) is 19.7 Å². The highest BCUT2D eigenvalue weighted by Gasteiger charge is 2.20. The molecule has 0 bridgehead atoms. The number of aromatic amines is 1. The van der Waals surface area contributed by atoms with Gasteiger partial charge < -0.3 is 14.2 Å². The Hall–Kier alpha value is -4.06. The summed E-state index contributed by atoms with van der Waals surface area (Å²) in [6.45, 7) is 14.1. The molecule has 1 aliphatic rings. The van der Waals surface area contributed by atoms with Crippen LogP contribution in [0.2, 0.25) is 0 Å². The third-order valence-corrected chi connectivity index (χ3v) is 5.95. The number of hydrogen-bond donors (Lipinski definition) is 1. The van der Waals surface area contributed by atoms with Crippen molar-refractivity contribution in [2.75, 3.05) is 39.5 Å². The van der Waals surface area contributed by atoms with Gasteiger partial charge in [-0.15, -0.1) is 5.92 Å². The fraction of sp³-hybridized carbons (Fsp3) is 0.310. The van der Waals surface area contributed by atoms with E-state index in [0.717, 1.165) is 38.4 Å². The van der Waals surface area contributed by atoms with Crippen molar-refractivity contribution >= 4 is 0 Å². The normalized spacial score (nSPS) is 13.4. The number of benzene rings is 2. The van der Waals surface area contributed by atoms with E-state index in [0.29, 0.717) is 41.6 Å². The molecule has 37 heavy (non-hydrogen) atoms. The van der Waals surface area contributed by atoms with Crippen LogP contribution in [0.25, 0.3) is 17.1 Å². The average Bonchev–Trinajstić information content (AvgIpc) is 3.31. The Morgan fingerprint density at radius 1 is 1.08 bits per heavy atom. The van der Waals surface area contributed by atoms with E-state index in [9.17, 15) is 4.79 Å². The zero-order valence-electron chi connectivity index (χ0n) is 21.2. The van der Waals surface area contributed by atoms with Crippen LogP contribution in [0.5, 0.6) is 11.5 Å². The average molecular weight is 501 g/mol. The van der Waals surface area contributed by atoms with Crippen LogP contribution in [-0.4, -0.2) is 59.2 Å². The lowest BCUT2D eigenvalue weighted by Gasteiger charge is -2.26. The molecule has 0 atom stereocenters. The highest BCUT2D eigenvalue weighted by molar-refractivity contribution is 5.70. The van der Waals surface area contributed by atoms with Crippen LogP contribution in [0.3, 0.4) is 0 Å². The molecule has 2 heterocycles. The van der Waals surface area contributed by atoms with Crippen LogP contribution < -0.4 is 15.2 Å². The summed E-state index contributed by atoms with van der Waals surface area (Å²) in [4.78, 5) is 15.3. The smallest absolute Gasteiger partial charge is 0.348 e. The Bertz CT molecular complexity index is 1340. The fourth-order valence-electron chi connectivity index (χ4n) is 4.14. The van der Waals surface area contributed by atoms with Crippen LogP contribution in [-0.2, 0) is 17.7 Å². The fourth-order valence-corrected chi connectivity index (χ4v) is 4.14. The number of hydrogen-bond acceptors (Lipinski definition) is 6. The molecule has 0 amide bonds. The maximum atomic E-state index is 12.9. The van der Waals surface area contributed by atoms with E-state index in [2.05, 4.69) is 40.1 Å². The van der Waals surface area contributed by atoms with Gasteiger partial charge in [-0.1, -0.05) is 43.4 Å². The maximum absolute atomic E-state index is 12.9. The molecule has 8 heteroatoms. The van der Waals surface area contributed by atoms with E-state index in [-0.39, 0.29) is 12.3 Å². The van der Waals surface area contributed by atoms with Gasteiger partial charge in [-0.2, -0.15) is 5.10 Å². The second kappa shape index (κ2) is 12.8. The van der Waals surface area contributed by atoms with E-state index in [1.165, 1.54) is 5.56 Å². The molecule has 4 rings (SSSR count). The van der Waals surface area contributed by atoms with Gasteiger partial charge in [0.2, 0.25) is 0 Å². The summed E-state index contributed by atoms with van der Waals surface area (Å²) in [7, 11) is 0. The van der Waals surface area contributed by atoms with Crippen molar-refractivity contribution in [3.8, 4) is 40.4 Å². The molecule has 0 saturated carbocycles. The molecule has 3 aromatic rings. The Morgan fingerprint density at radius 3 is 2.46 bits per heavy atom. The minimum atomic E-state index is -0.340. The minimum absolute atomic E-state index is 0.285. The van der Waals surface area contributed by atoms with Crippen molar-refractivity contribution in [3.63, 3.8) is 0 Å². The van der Waals surface area contributed by atoms with E-state index in [1.807, 2.05) is 36.4 Å². The molecule has 1 saturated heterocycles. The third kappa shape index (κ3) is 6.39. The van der Waals surface area contributed by atoms with Crippen LogP contribution in [0.4, 0.5) is 0 Å². The molecule has 1 N–H and O–H groups in total. The highest BCUT2D eigenvalue weighted by atomic mass is 16.5. The summed E-state index contributed by atoms with van der Waals surface area (Å²) >= 11 is 0. The minimum Gasteiger partial charge on any atom is -0.489 e. The van der Waals surface area contributed by atoms with Crippen LogP contribution >= 0.6 is 0 Å². The first-order chi connectivity index (χ1) is 18.1. The van der Waals surface area contributed by atoms with E-state index in [1.54, 1.807) is 23.6 Å². The summed E-state index contributed by atoms with van der Waals surface area (Å²) in [5.74, 6) is 7.62. The highest BCUT2D eigenvalue weighted by Crippen LogP contribution is 2.36. The number of H-pyrrole nitrogens is 1. The Morgan fingerprint density at radius 2 is 1.78 bits per heavy atom. The molecular weight excluding hydrogens is 468 g/mol. The molecule has 0 spiro atoms. The Balaban J connectivity index is 1.73. The van der Waals surface area contributed by atoms with Crippen LogP contribution in [0, 0.1) is 11.8 Å². The maximum Gasteiger partial charge on any atom is 0.348 e. The van der Waals surface area contributed by atoms with Gasteiger partial charge in [0.1, 0.15) is 24.7 Å². The van der Waals surface area contributed by atoms with Gasteiger partial charge in [-0.25, -0.2) is 14.5 Å². The van der Waals surface area contributed by atoms with E-state index in [4.69, 9.17) is 14.2 Å². The van der Waals surface area contributed by atoms with Gasteiger partial charge in [0.05, 0.1) is 24.5 Å². The lowest BCUT2D eigenvalue weighted by Crippen LogP contribution is -2.35.